The lowest BCUT2D eigenvalue weighted by molar-refractivity contribution is -0.143. The van der Waals surface area contributed by atoms with E-state index >= 15 is 8.78 Å². The third kappa shape index (κ3) is 13.1. The standard InChI is InChI=1S/C43H45ClF10N7O11PS2/c1-21-22(2)42(50,51)37-32(21)36(43(52,53)54)57-59(37)19-31(62)56-30(17-23-15-24(45)18-25(46)16-23)34-27(8-7-26(55-34)11-12-40(3,4)74(5,67)68)28-9-10-29(44)33-35(28)60(20-41(47,48)49)58-38(33)61(75(6,69)70)39(63)71-13-14-72-73(64,65)66/h7-10,15-16,18,21-22,30H,11-14,17,19-20H2,1-6H3,(H,56,62)(H2,64,65,66)/t21-,22+,30-/m0/s1. The number of fused-ring (bicyclic) bond motifs is 2. The number of benzene rings is 2. The molecule has 0 saturated carbocycles. The molecule has 0 unspecified atom stereocenters. The Kier molecular flexibility index (Phi) is 16.4. The number of pyridine rings is 1. The fourth-order valence-electron chi connectivity index (χ4n) is 8.31. The van der Waals surface area contributed by atoms with Gasteiger partial charge in [-0.3, -0.25) is 23.7 Å². The molecule has 0 aliphatic heterocycles. The van der Waals surface area contributed by atoms with Gasteiger partial charge in [-0.2, -0.15) is 49.6 Å². The van der Waals surface area contributed by atoms with Crippen LogP contribution >= 0.6 is 19.4 Å². The average molecular weight is 1160 g/mol. The maximum atomic E-state index is 15.8. The third-order valence-corrected chi connectivity index (χ3v) is 16.4. The summed E-state index contributed by atoms with van der Waals surface area (Å²) in [5.41, 5.74) is -5.93. The minimum atomic E-state index is -5.28. The normalized spacial score (nSPS) is 16.8. The van der Waals surface area contributed by atoms with Gasteiger partial charge in [-0.1, -0.05) is 37.6 Å². The van der Waals surface area contributed by atoms with Gasteiger partial charge < -0.3 is 19.8 Å². The molecule has 1 aliphatic rings. The van der Waals surface area contributed by atoms with Crippen LogP contribution in [0, 0.1) is 17.6 Å². The minimum absolute atomic E-state index is 0.000835. The number of carbonyl (C=O) groups excluding carboxylic acids is 2. The topological polar surface area (TPSA) is 242 Å². The van der Waals surface area contributed by atoms with Crippen molar-refractivity contribution in [1.82, 2.24) is 29.9 Å². The molecule has 0 bridgehead atoms. The second kappa shape index (κ2) is 20.9. The van der Waals surface area contributed by atoms with Crippen LogP contribution in [0.3, 0.4) is 0 Å². The van der Waals surface area contributed by atoms with Crippen molar-refractivity contribution in [3.8, 4) is 11.1 Å². The van der Waals surface area contributed by atoms with Gasteiger partial charge in [0.15, 0.2) is 21.3 Å². The van der Waals surface area contributed by atoms with Crippen LogP contribution in [-0.4, -0.2) is 99.8 Å². The lowest BCUT2D eigenvalue weighted by atomic mass is 9.93. The van der Waals surface area contributed by atoms with Crippen LogP contribution in [0.25, 0.3) is 22.0 Å². The molecule has 6 rings (SSSR count). The van der Waals surface area contributed by atoms with E-state index in [1.54, 1.807) is 0 Å². The molecule has 3 aromatic heterocycles. The fourth-order valence-corrected chi connectivity index (χ4v) is 10.1. The fraction of sp³-hybridized carbons (Fsp3) is 0.465. The summed E-state index contributed by atoms with van der Waals surface area (Å²) in [5.74, 6) is -11.9. The number of carbonyl (C=O) groups is 2. The van der Waals surface area contributed by atoms with Gasteiger partial charge in [0.2, 0.25) is 15.9 Å². The van der Waals surface area contributed by atoms with E-state index < -0.39 is 175 Å². The van der Waals surface area contributed by atoms with Gasteiger partial charge in [0.25, 0.3) is 5.92 Å². The highest BCUT2D eigenvalue weighted by Gasteiger charge is 2.57. The highest BCUT2D eigenvalue weighted by molar-refractivity contribution is 7.92. The Morgan fingerprint density at radius 3 is 2.11 bits per heavy atom. The summed E-state index contributed by atoms with van der Waals surface area (Å²) in [6.45, 7) is -0.567. The first kappa shape index (κ1) is 58.9. The molecular weight excluding hydrogens is 1110 g/mol. The number of rotatable bonds is 18. The van der Waals surface area contributed by atoms with E-state index in [0.29, 0.717) is 12.3 Å². The van der Waals surface area contributed by atoms with Crippen LogP contribution in [0.2, 0.25) is 5.02 Å². The second-order valence-corrected chi connectivity index (χ2v) is 24.3. The van der Waals surface area contributed by atoms with E-state index in [1.807, 2.05) is 0 Å². The summed E-state index contributed by atoms with van der Waals surface area (Å²) < 4.78 is 219. The zero-order valence-electron chi connectivity index (χ0n) is 39.9. The number of ether oxygens (including phenoxy) is 1. The zero-order chi connectivity index (χ0) is 56.3. The lowest BCUT2D eigenvalue weighted by Crippen LogP contribution is -2.37. The van der Waals surface area contributed by atoms with Crippen LogP contribution in [0.15, 0.2) is 42.5 Å². The van der Waals surface area contributed by atoms with E-state index in [4.69, 9.17) is 26.1 Å². The number of anilines is 1. The molecule has 18 nitrogen and oxygen atoms in total. The molecule has 1 aliphatic carbocycles. The second-order valence-electron chi connectivity index (χ2n) is 18.2. The quantitative estimate of drug-likeness (QED) is 0.0423. The van der Waals surface area contributed by atoms with Gasteiger partial charge in [0.1, 0.15) is 37.0 Å². The minimum Gasteiger partial charge on any atom is -0.446 e. The number of hydrogen-bond acceptors (Lipinski definition) is 12. The van der Waals surface area contributed by atoms with Crippen LogP contribution in [-0.2, 0) is 76.5 Å². The van der Waals surface area contributed by atoms with Crippen molar-refractivity contribution in [3.05, 3.63) is 93.0 Å². The summed E-state index contributed by atoms with van der Waals surface area (Å²) in [7, 11) is -13.9. The Morgan fingerprint density at radius 2 is 1.55 bits per heavy atom. The summed E-state index contributed by atoms with van der Waals surface area (Å²) >= 11 is 6.58. The number of phosphoric acid groups is 1. The van der Waals surface area contributed by atoms with E-state index in [-0.39, 0.29) is 43.3 Å². The Balaban J connectivity index is 1.62. The maximum Gasteiger partial charge on any atom is 0.469 e. The van der Waals surface area contributed by atoms with Crippen LogP contribution < -0.4 is 9.62 Å². The predicted molar refractivity (Wildman–Crippen MR) is 248 cm³/mol. The largest absolute Gasteiger partial charge is 0.469 e. The van der Waals surface area contributed by atoms with E-state index in [9.17, 15) is 66.1 Å². The van der Waals surface area contributed by atoms with E-state index in [2.05, 4.69) is 25.0 Å². The molecule has 3 heterocycles. The number of nitrogens with one attached hydrogen (secondary N) is 1. The SMILES string of the molecule is C[C@@H]1c2c(C(F)(F)F)nn(CC(=O)N[C@@H](Cc3cc(F)cc(F)c3)c3nc(CCC(C)(C)S(C)(=O)=O)ccc3-c3ccc(Cl)c4c(N(C(=O)OCCOP(=O)(O)O)S(C)(=O)=O)nn(CC(F)(F)F)c34)c2C(F)(F)[C@@H]1C. The Morgan fingerprint density at radius 1 is 0.933 bits per heavy atom. The van der Waals surface area contributed by atoms with Gasteiger partial charge in [-0.25, -0.2) is 35.0 Å². The molecule has 2 aromatic carbocycles. The lowest BCUT2D eigenvalue weighted by Gasteiger charge is -2.25. The summed E-state index contributed by atoms with van der Waals surface area (Å²) in [5, 5.41) is 8.35. The predicted octanol–water partition coefficient (Wildman–Crippen LogP) is 8.52. The molecule has 32 heteroatoms. The molecular formula is C43H45ClF10N7O11PS2. The molecule has 0 fully saturated rings. The van der Waals surface area contributed by atoms with E-state index in [0.717, 1.165) is 44.4 Å². The smallest absolute Gasteiger partial charge is 0.446 e. The Hall–Kier alpha value is -5.39. The first-order valence-corrected chi connectivity index (χ1v) is 27.5. The molecule has 5 aromatic rings. The average Bonchev–Trinajstić information content (AvgIpc) is 3.86. The first-order chi connectivity index (χ1) is 34.2. The zero-order valence-corrected chi connectivity index (χ0v) is 43.2. The van der Waals surface area contributed by atoms with Gasteiger partial charge in [-0.05, 0) is 68.9 Å². The molecule has 75 heavy (non-hydrogen) atoms. The number of halogens is 11. The van der Waals surface area contributed by atoms with Crippen molar-refractivity contribution < 1.29 is 93.9 Å². The van der Waals surface area contributed by atoms with Crippen molar-refractivity contribution in [2.24, 2.45) is 5.92 Å². The summed E-state index contributed by atoms with van der Waals surface area (Å²) in [6, 6.07) is 4.77. The third-order valence-electron chi connectivity index (χ3n) is 12.3. The molecule has 0 saturated heterocycles. The van der Waals surface area contributed by atoms with Gasteiger partial charge in [0.05, 0.1) is 45.3 Å². The van der Waals surface area contributed by atoms with Gasteiger partial charge >= 0.3 is 26.3 Å². The number of phosphoric ester groups is 1. The van der Waals surface area contributed by atoms with Crippen molar-refractivity contribution in [1.29, 1.82) is 0 Å². The number of hydrogen-bond donors (Lipinski definition) is 3. The number of sulfone groups is 1. The number of sulfonamides is 1. The number of amides is 2. The molecule has 0 radical (unpaired) electrons. The highest BCUT2D eigenvalue weighted by atomic mass is 35.5. The Labute approximate surface area is 425 Å². The monoisotopic (exact) mass is 1160 g/mol. The van der Waals surface area contributed by atoms with Crippen LogP contribution in [0.4, 0.5) is 54.5 Å². The maximum absolute atomic E-state index is 15.8. The van der Waals surface area contributed by atoms with Crippen LogP contribution in [0.5, 0.6) is 0 Å². The number of nitrogens with zero attached hydrogens (tertiary/aromatic N) is 6. The summed E-state index contributed by atoms with van der Waals surface area (Å²) in [6.07, 6.45) is -12.1. The molecule has 412 valence electrons. The van der Waals surface area contributed by atoms with Crippen molar-refractivity contribution >= 4 is 68.0 Å². The Bertz CT molecular complexity index is 3310. The van der Waals surface area contributed by atoms with Crippen molar-refractivity contribution in [2.45, 2.75) is 95.0 Å². The van der Waals surface area contributed by atoms with Crippen molar-refractivity contribution in [3.63, 3.8) is 0 Å². The molecule has 0 spiro atoms. The number of aromatic nitrogens is 5. The summed E-state index contributed by atoms with van der Waals surface area (Å²) in [4.78, 5) is 50.3. The van der Waals surface area contributed by atoms with Gasteiger partial charge in [0, 0.05) is 40.6 Å². The van der Waals surface area contributed by atoms with Crippen molar-refractivity contribution in [2.75, 3.05) is 30.0 Å². The number of aryl methyl sites for hydroxylation is 1. The molecule has 2 amide bonds. The number of alkyl halides is 8. The van der Waals surface area contributed by atoms with Gasteiger partial charge in [-0.15, -0.1) is 0 Å². The van der Waals surface area contributed by atoms with Crippen LogP contribution in [0.1, 0.15) is 80.0 Å². The van der Waals surface area contributed by atoms with E-state index in [1.165, 1.54) is 26.0 Å². The first-order valence-electron chi connectivity index (χ1n) is 21.8. The molecule has 3 N–H and O–H groups in total. The highest BCUT2D eigenvalue weighted by Crippen LogP contribution is 2.55. The molecule has 3 atom stereocenters.